The second-order valence-corrected chi connectivity index (χ2v) is 8.86. The Morgan fingerprint density at radius 1 is 1.15 bits per heavy atom. The van der Waals surface area contributed by atoms with E-state index in [1.54, 1.807) is 11.0 Å². The average Bonchev–Trinajstić information content (AvgIpc) is 3.33. The smallest absolute Gasteiger partial charge is 0.433 e. The highest BCUT2D eigenvalue weighted by Gasteiger charge is 2.34. The third-order valence-electron chi connectivity index (χ3n) is 5.24. The normalized spacial score (nSPS) is 14.6. The SMILES string of the molecule is Cc1ccc(Cl)cc1N1CCN(C(=O)CSc2nc(-c3ccco3)cc(C(F)(F)F)n2)CC1. The average molecular weight is 497 g/mol. The van der Waals surface area contributed by atoms with Gasteiger partial charge >= 0.3 is 6.18 Å². The van der Waals surface area contributed by atoms with Crippen LogP contribution in [-0.2, 0) is 11.0 Å². The van der Waals surface area contributed by atoms with Crippen molar-refractivity contribution in [3.05, 3.63) is 58.9 Å². The van der Waals surface area contributed by atoms with E-state index >= 15 is 0 Å². The van der Waals surface area contributed by atoms with Gasteiger partial charge in [-0.3, -0.25) is 4.79 Å². The summed E-state index contributed by atoms with van der Waals surface area (Å²) in [5.74, 6) is -0.0405. The number of hydrogen-bond donors (Lipinski definition) is 0. The number of furan rings is 1. The van der Waals surface area contributed by atoms with Crippen LogP contribution >= 0.6 is 23.4 Å². The number of alkyl halides is 3. The lowest BCUT2D eigenvalue weighted by molar-refractivity contribution is -0.141. The molecule has 11 heteroatoms. The molecule has 0 bridgehead atoms. The molecule has 1 aliphatic rings. The molecule has 33 heavy (non-hydrogen) atoms. The predicted molar refractivity (Wildman–Crippen MR) is 120 cm³/mol. The number of carbonyl (C=O) groups excluding carboxylic acids is 1. The molecule has 1 amide bonds. The molecule has 174 valence electrons. The van der Waals surface area contributed by atoms with E-state index in [9.17, 15) is 18.0 Å². The lowest BCUT2D eigenvalue weighted by atomic mass is 10.1. The summed E-state index contributed by atoms with van der Waals surface area (Å²) >= 11 is 6.99. The lowest BCUT2D eigenvalue weighted by Crippen LogP contribution is -2.49. The van der Waals surface area contributed by atoms with Gasteiger partial charge in [0.1, 0.15) is 11.4 Å². The monoisotopic (exact) mass is 496 g/mol. The fraction of sp³-hybridized carbons (Fsp3) is 0.318. The fourth-order valence-corrected chi connectivity index (χ4v) is 4.45. The van der Waals surface area contributed by atoms with Gasteiger partial charge in [-0.1, -0.05) is 29.4 Å². The Kier molecular flexibility index (Phi) is 6.85. The van der Waals surface area contributed by atoms with Gasteiger partial charge in [0.05, 0.1) is 12.0 Å². The fourth-order valence-electron chi connectivity index (χ4n) is 3.52. The molecule has 2 aromatic heterocycles. The van der Waals surface area contributed by atoms with Crippen molar-refractivity contribution in [3.8, 4) is 11.5 Å². The first-order valence-corrected chi connectivity index (χ1v) is 11.5. The summed E-state index contributed by atoms with van der Waals surface area (Å²) in [6.45, 7) is 4.30. The molecule has 0 aliphatic carbocycles. The molecular weight excluding hydrogens is 477 g/mol. The maximum absolute atomic E-state index is 13.3. The number of aromatic nitrogens is 2. The van der Waals surface area contributed by atoms with Crippen molar-refractivity contribution in [2.45, 2.75) is 18.3 Å². The third kappa shape index (κ3) is 5.62. The van der Waals surface area contributed by atoms with Gasteiger partial charge < -0.3 is 14.2 Å². The summed E-state index contributed by atoms with van der Waals surface area (Å²) in [7, 11) is 0. The Morgan fingerprint density at radius 2 is 1.91 bits per heavy atom. The minimum atomic E-state index is -4.64. The minimum Gasteiger partial charge on any atom is -0.463 e. The molecule has 3 heterocycles. The largest absolute Gasteiger partial charge is 0.463 e. The number of benzene rings is 1. The van der Waals surface area contributed by atoms with Crippen LogP contribution in [0, 0.1) is 6.92 Å². The van der Waals surface area contributed by atoms with E-state index in [0.29, 0.717) is 31.2 Å². The summed E-state index contributed by atoms with van der Waals surface area (Å²) in [5, 5.41) is 0.526. The van der Waals surface area contributed by atoms with Gasteiger partial charge in [0, 0.05) is 36.9 Å². The molecule has 6 nitrogen and oxygen atoms in total. The van der Waals surface area contributed by atoms with Crippen molar-refractivity contribution in [1.82, 2.24) is 14.9 Å². The topological polar surface area (TPSA) is 62.5 Å². The van der Waals surface area contributed by atoms with Crippen molar-refractivity contribution in [1.29, 1.82) is 0 Å². The van der Waals surface area contributed by atoms with E-state index in [0.717, 1.165) is 29.1 Å². The van der Waals surface area contributed by atoms with Gasteiger partial charge in [0.25, 0.3) is 0 Å². The number of hydrogen-bond acceptors (Lipinski definition) is 6. The van der Waals surface area contributed by atoms with Crippen LogP contribution in [0.5, 0.6) is 0 Å². The van der Waals surface area contributed by atoms with Crippen LogP contribution in [0.2, 0.25) is 5.02 Å². The quantitative estimate of drug-likeness (QED) is 0.359. The number of carbonyl (C=O) groups is 1. The first-order chi connectivity index (χ1) is 15.7. The van der Waals surface area contributed by atoms with Gasteiger partial charge in [-0.05, 0) is 42.8 Å². The third-order valence-corrected chi connectivity index (χ3v) is 6.31. The summed E-state index contributed by atoms with van der Waals surface area (Å²) in [5.41, 5.74) is 1.07. The van der Waals surface area contributed by atoms with E-state index in [4.69, 9.17) is 16.0 Å². The second kappa shape index (κ2) is 9.64. The number of halogens is 4. The zero-order valence-electron chi connectivity index (χ0n) is 17.6. The Hall–Kier alpha value is -2.72. The van der Waals surface area contributed by atoms with Crippen molar-refractivity contribution < 1.29 is 22.4 Å². The van der Waals surface area contributed by atoms with Crippen LogP contribution in [-0.4, -0.2) is 52.7 Å². The zero-order chi connectivity index (χ0) is 23.6. The van der Waals surface area contributed by atoms with E-state index in [1.807, 2.05) is 25.1 Å². The maximum Gasteiger partial charge on any atom is 0.433 e. The Morgan fingerprint density at radius 3 is 2.58 bits per heavy atom. The second-order valence-electron chi connectivity index (χ2n) is 7.48. The first-order valence-electron chi connectivity index (χ1n) is 10.1. The van der Waals surface area contributed by atoms with E-state index < -0.39 is 11.9 Å². The van der Waals surface area contributed by atoms with Gasteiger partial charge in [-0.2, -0.15) is 13.2 Å². The van der Waals surface area contributed by atoms with Crippen LogP contribution < -0.4 is 4.90 Å². The van der Waals surface area contributed by atoms with Crippen molar-refractivity contribution in [2.24, 2.45) is 0 Å². The van der Waals surface area contributed by atoms with Crippen LogP contribution in [0.1, 0.15) is 11.3 Å². The van der Waals surface area contributed by atoms with Crippen molar-refractivity contribution in [3.63, 3.8) is 0 Å². The number of rotatable bonds is 5. The Bertz CT molecular complexity index is 1130. The van der Waals surface area contributed by atoms with Crippen molar-refractivity contribution >= 4 is 35.0 Å². The first kappa shape index (κ1) is 23.4. The summed E-state index contributed by atoms with van der Waals surface area (Å²) in [4.78, 5) is 24.3. The number of aryl methyl sites for hydroxylation is 1. The standard InChI is InChI=1S/C22H20ClF3N4O2S/c1-14-4-5-15(23)11-17(14)29-6-8-30(9-7-29)20(31)13-33-21-27-16(18-3-2-10-32-18)12-19(28-21)22(24,25)26/h2-5,10-12H,6-9,13H2,1H3. The molecule has 0 saturated carbocycles. The molecule has 0 atom stereocenters. The summed E-state index contributed by atoms with van der Waals surface area (Å²) in [6.07, 6.45) is -3.29. The zero-order valence-corrected chi connectivity index (χ0v) is 19.2. The van der Waals surface area contributed by atoms with E-state index in [1.165, 1.54) is 12.3 Å². The van der Waals surface area contributed by atoms with Gasteiger partial charge in [-0.15, -0.1) is 0 Å². The highest BCUT2D eigenvalue weighted by atomic mass is 35.5. The highest BCUT2D eigenvalue weighted by Crippen LogP contribution is 2.32. The molecule has 4 rings (SSSR count). The van der Waals surface area contributed by atoms with Crippen LogP contribution in [0.25, 0.3) is 11.5 Å². The molecule has 1 aliphatic heterocycles. The molecule has 0 N–H and O–H groups in total. The highest BCUT2D eigenvalue weighted by molar-refractivity contribution is 7.99. The van der Waals surface area contributed by atoms with Gasteiger partial charge in [-0.25, -0.2) is 9.97 Å². The van der Waals surface area contributed by atoms with Gasteiger partial charge in [0.15, 0.2) is 10.9 Å². The van der Waals surface area contributed by atoms with Gasteiger partial charge in [0.2, 0.25) is 5.91 Å². The van der Waals surface area contributed by atoms with Crippen molar-refractivity contribution in [2.75, 3.05) is 36.8 Å². The molecule has 1 saturated heterocycles. The number of anilines is 1. The van der Waals surface area contributed by atoms with E-state index in [2.05, 4.69) is 14.9 Å². The van der Waals surface area contributed by atoms with E-state index in [-0.39, 0.29) is 28.3 Å². The predicted octanol–water partition coefficient (Wildman–Crippen LogP) is 5.16. The molecule has 0 spiro atoms. The van der Waals surface area contributed by atoms with Crippen LogP contribution in [0.4, 0.5) is 18.9 Å². The Balaban J connectivity index is 1.40. The van der Waals surface area contributed by atoms with Crippen LogP contribution in [0.15, 0.2) is 52.2 Å². The molecule has 1 fully saturated rings. The molecule has 0 radical (unpaired) electrons. The van der Waals surface area contributed by atoms with Crippen LogP contribution in [0.3, 0.4) is 0 Å². The minimum absolute atomic E-state index is 0.0165. The number of thioether (sulfide) groups is 1. The lowest BCUT2D eigenvalue weighted by Gasteiger charge is -2.36. The maximum atomic E-state index is 13.3. The Labute approximate surface area is 197 Å². The number of nitrogens with zero attached hydrogens (tertiary/aromatic N) is 4. The molecule has 1 aromatic carbocycles. The number of amides is 1. The summed E-state index contributed by atoms with van der Waals surface area (Å²) in [6, 6.07) is 9.62. The number of piperazine rings is 1. The molecular formula is C22H20ClF3N4O2S. The molecule has 3 aromatic rings. The molecule has 0 unspecified atom stereocenters. The summed E-state index contributed by atoms with van der Waals surface area (Å²) < 4.78 is 45.0.